The van der Waals surface area contributed by atoms with Crippen LogP contribution in [0.3, 0.4) is 0 Å². The second-order valence-corrected chi connectivity index (χ2v) is 7.80. The highest BCUT2D eigenvalue weighted by Crippen LogP contribution is 2.29. The SMILES string of the molecule is CC(O)(c1cccc(Cl)c1)c1nc(-n2ccc(NC(=O)c3cscn3)cc2=O)c[nH]1. The molecule has 1 atom stereocenters. The van der Waals surface area contributed by atoms with Crippen LogP contribution in [0, 0.1) is 0 Å². The van der Waals surface area contributed by atoms with Gasteiger partial charge in [0.15, 0.2) is 5.82 Å². The van der Waals surface area contributed by atoms with Gasteiger partial charge in [0, 0.05) is 34.6 Å². The van der Waals surface area contributed by atoms with E-state index < -0.39 is 17.1 Å². The van der Waals surface area contributed by atoms with Gasteiger partial charge in [0.25, 0.3) is 11.5 Å². The molecule has 0 saturated carbocycles. The van der Waals surface area contributed by atoms with Gasteiger partial charge in [-0.3, -0.25) is 14.2 Å². The lowest BCUT2D eigenvalue weighted by molar-refractivity contribution is 0.0931. The lowest BCUT2D eigenvalue weighted by Crippen LogP contribution is -2.25. The number of amides is 1. The average molecular weight is 442 g/mol. The molecule has 0 aliphatic heterocycles. The van der Waals surface area contributed by atoms with Gasteiger partial charge >= 0.3 is 0 Å². The number of carbonyl (C=O) groups excluding carboxylic acids is 1. The van der Waals surface area contributed by atoms with Crippen LogP contribution < -0.4 is 10.9 Å². The molecule has 3 aromatic heterocycles. The molecule has 0 saturated heterocycles. The fourth-order valence-corrected chi connectivity index (χ4v) is 3.60. The number of hydrogen-bond acceptors (Lipinski definition) is 6. The largest absolute Gasteiger partial charge is 0.377 e. The van der Waals surface area contributed by atoms with Crippen molar-refractivity contribution in [2.45, 2.75) is 12.5 Å². The molecule has 1 unspecified atom stereocenters. The number of carbonyl (C=O) groups is 1. The minimum absolute atomic E-state index is 0.257. The van der Waals surface area contributed by atoms with Crippen LogP contribution in [0.4, 0.5) is 5.69 Å². The third kappa shape index (κ3) is 3.90. The summed E-state index contributed by atoms with van der Waals surface area (Å²) in [6.45, 7) is 1.58. The van der Waals surface area contributed by atoms with Gasteiger partial charge in [-0.15, -0.1) is 11.3 Å². The van der Waals surface area contributed by atoms with E-state index in [0.717, 1.165) is 0 Å². The highest BCUT2D eigenvalue weighted by molar-refractivity contribution is 7.07. The summed E-state index contributed by atoms with van der Waals surface area (Å²) in [5.74, 6) is 0.162. The van der Waals surface area contributed by atoms with Crippen molar-refractivity contribution < 1.29 is 9.90 Å². The first-order valence-corrected chi connectivity index (χ1v) is 10.1. The maximum atomic E-state index is 12.5. The molecule has 0 fully saturated rings. The number of pyridine rings is 1. The Balaban J connectivity index is 1.59. The number of nitrogens with one attached hydrogen (secondary N) is 2. The van der Waals surface area contributed by atoms with E-state index in [1.807, 2.05) is 0 Å². The summed E-state index contributed by atoms with van der Waals surface area (Å²) in [5, 5.41) is 15.7. The molecular formula is C20H16ClN5O3S. The molecule has 0 spiro atoms. The zero-order valence-corrected chi connectivity index (χ0v) is 17.2. The van der Waals surface area contributed by atoms with Gasteiger partial charge in [0.1, 0.15) is 17.1 Å². The molecule has 4 rings (SSSR count). The number of halogens is 1. The molecule has 0 radical (unpaired) electrons. The van der Waals surface area contributed by atoms with Crippen LogP contribution in [0.15, 0.2) is 64.5 Å². The zero-order valence-electron chi connectivity index (χ0n) is 15.7. The summed E-state index contributed by atoms with van der Waals surface area (Å²) in [7, 11) is 0. The van der Waals surface area contributed by atoms with Gasteiger partial charge in [-0.1, -0.05) is 23.7 Å². The molecule has 1 aromatic carbocycles. The number of thiazole rings is 1. The molecule has 8 nitrogen and oxygen atoms in total. The van der Waals surface area contributed by atoms with Crippen LogP contribution in [0.2, 0.25) is 5.02 Å². The molecular weight excluding hydrogens is 426 g/mol. The quantitative estimate of drug-likeness (QED) is 0.440. The van der Waals surface area contributed by atoms with Crippen LogP contribution in [0.1, 0.15) is 28.8 Å². The number of imidazole rings is 1. The van der Waals surface area contributed by atoms with Crippen LogP contribution in [0.5, 0.6) is 0 Å². The van der Waals surface area contributed by atoms with Crippen molar-refractivity contribution in [3.05, 3.63) is 92.1 Å². The Labute approximate surface area is 179 Å². The predicted molar refractivity (Wildman–Crippen MR) is 114 cm³/mol. The highest BCUT2D eigenvalue weighted by Gasteiger charge is 2.29. The number of anilines is 1. The van der Waals surface area contributed by atoms with Crippen molar-refractivity contribution in [2.24, 2.45) is 0 Å². The Hall–Kier alpha value is -3.27. The predicted octanol–water partition coefficient (Wildman–Crippen LogP) is 3.18. The highest BCUT2D eigenvalue weighted by atomic mass is 35.5. The molecule has 3 heterocycles. The summed E-state index contributed by atoms with van der Waals surface area (Å²) >= 11 is 7.33. The summed E-state index contributed by atoms with van der Waals surface area (Å²) in [5.41, 5.74) is 0.907. The lowest BCUT2D eigenvalue weighted by Gasteiger charge is -2.21. The maximum absolute atomic E-state index is 12.5. The van der Waals surface area contributed by atoms with E-state index >= 15 is 0 Å². The number of aromatic nitrogens is 4. The minimum Gasteiger partial charge on any atom is -0.377 e. The Bertz CT molecular complexity index is 1260. The number of nitrogens with zero attached hydrogens (tertiary/aromatic N) is 3. The number of aliphatic hydroxyl groups is 1. The molecule has 1 amide bonds. The normalized spacial score (nSPS) is 13.0. The third-order valence-corrected chi connectivity index (χ3v) is 5.32. The van der Waals surface area contributed by atoms with Gasteiger partial charge in [0.2, 0.25) is 0 Å². The first kappa shape index (κ1) is 20.0. The van der Waals surface area contributed by atoms with Crippen molar-refractivity contribution in [1.82, 2.24) is 19.5 Å². The number of aromatic amines is 1. The van der Waals surface area contributed by atoms with E-state index in [4.69, 9.17) is 11.6 Å². The standard InChI is InChI=1S/C20H16ClN5O3S/c1-20(29,12-3-2-4-13(21)7-12)19-22-9-16(25-19)26-6-5-14(8-17(26)27)24-18(28)15-10-30-11-23-15/h2-11,29H,1H3,(H,22,25)(H,24,28). The molecule has 0 aliphatic carbocycles. The van der Waals surface area contributed by atoms with Crippen molar-refractivity contribution in [1.29, 1.82) is 0 Å². The zero-order chi connectivity index (χ0) is 21.3. The van der Waals surface area contributed by atoms with E-state index in [0.29, 0.717) is 22.1 Å². The van der Waals surface area contributed by atoms with Crippen LogP contribution >= 0.6 is 22.9 Å². The Morgan fingerprint density at radius 3 is 2.87 bits per heavy atom. The summed E-state index contributed by atoms with van der Waals surface area (Å²) in [6, 6.07) is 9.70. The maximum Gasteiger partial charge on any atom is 0.275 e. The minimum atomic E-state index is -1.44. The third-order valence-electron chi connectivity index (χ3n) is 4.50. The molecule has 0 bridgehead atoms. The topological polar surface area (TPSA) is 113 Å². The van der Waals surface area contributed by atoms with E-state index in [2.05, 4.69) is 20.3 Å². The Morgan fingerprint density at radius 1 is 1.33 bits per heavy atom. The molecule has 10 heteroatoms. The van der Waals surface area contributed by atoms with E-state index in [-0.39, 0.29) is 11.5 Å². The molecule has 0 aliphatic rings. The van der Waals surface area contributed by atoms with Gasteiger partial charge in [0.05, 0.1) is 5.51 Å². The fourth-order valence-electron chi connectivity index (χ4n) is 2.88. The number of benzene rings is 1. The number of H-pyrrole nitrogens is 1. The summed E-state index contributed by atoms with van der Waals surface area (Å²) < 4.78 is 1.30. The van der Waals surface area contributed by atoms with Crippen molar-refractivity contribution >= 4 is 34.5 Å². The first-order valence-electron chi connectivity index (χ1n) is 8.81. The number of hydrogen-bond donors (Lipinski definition) is 3. The van der Waals surface area contributed by atoms with Crippen LogP contribution in [-0.2, 0) is 5.60 Å². The second-order valence-electron chi connectivity index (χ2n) is 6.64. The second kappa shape index (κ2) is 7.86. The van der Waals surface area contributed by atoms with E-state index in [9.17, 15) is 14.7 Å². The molecule has 4 aromatic rings. The van der Waals surface area contributed by atoms with Gasteiger partial charge in [-0.2, -0.15) is 0 Å². The van der Waals surface area contributed by atoms with E-state index in [1.54, 1.807) is 48.1 Å². The van der Waals surface area contributed by atoms with Crippen LogP contribution in [0.25, 0.3) is 5.82 Å². The first-order chi connectivity index (χ1) is 14.3. The molecule has 3 N–H and O–H groups in total. The van der Waals surface area contributed by atoms with Gasteiger partial charge in [-0.25, -0.2) is 9.97 Å². The monoisotopic (exact) mass is 441 g/mol. The Kier molecular flexibility index (Phi) is 5.25. The smallest absolute Gasteiger partial charge is 0.275 e. The van der Waals surface area contributed by atoms with Gasteiger partial charge in [-0.05, 0) is 30.7 Å². The summed E-state index contributed by atoms with van der Waals surface area (Å²) in [4.78, 5) is 35.8. The van der Waals surface area contributed by atoms with E-state index in [1.165, 1.54) is 34.4 Å². The average Bonchev–Trinajstić information content (AvgIpc) is 3.41. The van der Waals surface area contributed by atoms with Crippen LogP contribution in [-0.4, -0.2) is 30.5 Å². The van der Waals surface area contributed by atoms with Gasteiger partial charge < -0.3 is 15.4 Å². The molecule has 30 heavy (non-hydrogen) atoms. The number of rotatable bonds is 5. The van der Waals surface area contributed by atoms with Crippen molar-refractivity contribution in [3.8, 4) is 5.82 Å². The summed E-state index contributed by atoms with van der Waals surface area (Å²) in [6.07, 6.45) is 3.01. The lowest BCUT2D eigenvalue weighted by atomic mass is 9.95. The Morgan fingerprint density at radius 2 is 2.17 bits per heavy atom. The van der Waals surface area contributed by atoms with Crippen molar-refractivity contribution in [2.75, 3.05) is 5.32 Å². The molecule has 152 valence electrons. The fraction of sp³-hybridized carbons (Fsp3) is 0.100. The van der Waals surface area contributed by atoms with Crippen molar-refractivity contribution in [3.63, 3.8) is 0 Å².